The Balaban J connectivity index is 2.58. The van der Waals surface area contributed by atoms with Crippen molar-refractivity contribution >= 4 is 5.97 Å². The Hall–Kier alpha value is -2.23. The van der Waals surface area contributed by atoms with Crippen molar-refractivity contribution < 1.29 is 15.0 Å². The third-order valence-corrected chi connectivity index (χ3v) is 2.44. The van der Waals surface area contributed by atoms with E-state index in [0.717, 1.165) is 5.56 Å². The molecular formula is C12H11NO3. The highest BCUT2D eigenvalue weighted by atomic mass is 16.4. The van der Waals surface area contributed by atoms with Crippen molar-refractivity contribution in [3.05, 3.63) is 42.1 Å². The molecule has 1 aromatic carbocycles. The molecule has 2 N–H and O–H groups in total. The van der Waals surface area contributed by atoms with Gasteiger partial charge in [0.1, 0.15) is 5.75 Å². The topological polar surface area (TPSA) is 62.5 Å². The molecular weight excluding hydrogens is 206 g/mol. The van der Waals surface area contributed by atoms with Crippen molar-refractivity contribution in [3.63, 3.8) is 0 Å². The van der Waals surface area contributed by atoms with E-state index < -0.39 is 5.97 Å². The lowest BCUT2D eigenvalue weighted by molar-refractivity contribution is 0.0698. The molecule has 82 valence electrons. The van der Waals surface area contributed by atoms with Gasteiger partial charge in [0, 0.05) is 13.2 Å². The Morgan fingerprint density at radius 1 is 1.19 bits per heavy atom. The maximum atomic E-state index is 11.0. The van der Waals surface area contributed by atoms with Crippen molar-refractivity contribution in [2.45, 2.75) is 0 Å². The molecule has 2 rings (SSSR count). The third-order valence-electron chi connectivity index (χ3n) is 2.44. The Kier molecular flexibility index (Phi) is 2.40. The van der Waals surface area contributed by atoms with Gasteiger partial charge in [-0.2, -0.15) is 0 Å². The first kappa shape index (κ1) is 10.3. The largest absolute Gasteiger partial charge is 0.508 e. The number of aromatic nitrogens is 1. The molecule has 1 heterocycles. The smallest absolute Gasteiger partial charge is 0.337 e. The number of hydrogen-bond donors (Lipinski definition) is 2. The number of aromatic carboxylic acids is 1. The summed E-state index contributed by atoms with van der Waals surface area (Å²) in [7, 11) is 1.79. The number of carboxylic acids is 1. The zero-order chi connectivity index (χ0) is 11.7. The van der Waals surface area contributed by atoms with Crippen LogP contribution >= 0.6 is 0 Å². The standard InChI is InChI=1S/C12H11NO3/c1-13-7-6-10(12(15)16)11(13)8-2-4-9(14)5-3-8/h2-7,14H,1H3,(H,15,16). The van der Waals surface area contributed by atoms with Crippen molar-refractivity contribution in [2.24, 2.45) is 7.05 Å². The summed E-state index contributed by atoms with van der Waals surface area (Å²) < 4.78 is 1.75. The molecule has 4 heteroatoms. The van der Waals surface area contributed by atoms with Crippen LogP contribution in [0.3, 0.4) is 0 Å². The molecule has 0 bridgehead atoms. The number of aryl methyl sites for hydroxylation is 1. The van der Waals surface area contributed by atoms with E-state index in [1.807, 2.05) is 0 Å². The second-order valence-corrected chi connectivity index (χ2v) is 3.54. The van der Waals surface area contributed by atoms with E-state index in [4.69, 9.17) is 5.11 Å². The summed E-state index contributed by atoms with van der Waals surface area (Å²) in [6.07, 6.45) is 1.70. The van der Waals surface area contributed by atoms with Gasteiger partial charge in [0.25, 0.3) is 0 Å². The lowest BCUT2D eigenvalue weighted by Crippen LogP contribution is -1.99. The lowest BCUT2D eigenvalue weighted by Gasteiger charge is -2.05. The molecule has 1 aromatic heterocycles. The fourth-order valence-corrected chi connectivity index (χ4v) is 1.68. The minimum Gasteiger partial charge on any atom is -0.508 e. The van der Waals surface area contributed by atoms with Gasteiger partial charge in [0.05, 0.1) is 11.3 Å². The molecule has 0 atom stereocenters. The Labute approximate surface area is 92.4 Å². The van der Waals surface area contributed by atoms with Crippen LogP contribution in [0, 0.1) is 0 Å². The van der Waals surface area contributed by atoms with Crippen LogP contribution in [0.15, 0.2) is 36.5 Å². The SMILES string of the molecule is Cn1ccc(C(=O)O)c1-c1ccc(O)cc1. The fourth-order valence-electron chi connectivity index (χ4n) is 1.68. The van der Waals surface area contributed by atoms with Gasteiger partial charge in [0.2, 0.25) is 0 Å². The van der Waals surface area contributed by atoms with Gasteiger partial charge in [-0.05, 0) is 35.9 Å². The van der Waals surface area contributed by atoms with Crippen LogP contribution < -0.4 is 0 Å². The molecule has 0 aliphatic rings. The van der Waals surface area contributed by atoms with Crippen LogP contribution in [-0.2, 0) is 7.05 Å². The van der Waals surface area contributed by atoms with Gasteiger partial charge in [-0.25, -0.2) is 4.79 Å². The first-order chi connectivity index (χ1) is 7.59. The molecule has 0 fully saturated rings. The molecule has 0 saturated carbocycles. The third kappa shape index (κ3) is 1.65. The first-order valence-electron chi connectivity index (χ1n) is 4.77. The number of aromatic hydroxyl groups is 1. The minimum absolute atomic E-state index is 0.162. The predicted molar refractivity (Wildman–Crippen MR) is 59.5 cm³/mol. The first-order valence-corrected chi connectivity index (χ1v) is 4.77. The molecule has 0 aliphatic carbocycles. The number of phenolic OH excluding ortho intramolecular Hbond substituents is 1. The number of carbonyl (C=O) groups is 1. The van der Waals surface area contributed by atoms with Crippen molar-refractivity contribution in [1.82, 2.24) is 4.57 Å². The predicted octanol–water partition coefficient (Wildman–Crippen LogP) is 2.10. The zero-order valence-corrected chi connectivity index (χ0v) is 8.71. The summed E-state index contributed by atoms with van der Waals surface area (Å²) in [6, 6.07) is 8.01. The lowest BCUT2D eigenvalue weighted by atomic mass is 10.1. The van der Waals surface area contributed by atoms with E-state index in [1.54, 1.807) is 36.0 Å². The average Bonchev–Trinajstić information content (AvgIpc) is 2.62. The summed E-state index contributed by atoms with van der Waals surface area (Å²) in [4.78, 5) is 11.0. The summed E-state index contributed by atoms with van der Waals surface area (Å²) in [6.45, 7) is 0. The summed E-state index contributed by atoms with van der Waals surface area (Å²) >= 11 is 0. The maximum absolute atomic E-state index is 11.0. The highest BCUT2D eigenvalue weighted by Gasteiger charge is 2.14. The second kappa shape index (κ2) is 3.73. The molecule has 0 radical (unpaired) electrons. The molecule has 2 aromatic rings. The number of benzene rings is 1. The number of phenols is 1. The number of rotatable bonds is 2. The van der Waals surface area contributed by atoms with Crippen LogP contribution in [0.2, 0.25) is 0 Å². The summed E-state index contributed by atoms with van der Waals surface area (Å²) in [5.41, 5.74) is 1.66. The fraction of sp³-hybridized carbons (Fsp3) is 0.0833. The zero-order valence-electron chi connectivity index (χ0n) is 8.71. The van der Waals surface area contributed by atoms with Gasteiger partial charge >= 0.3 is 5.97 Å². The maximum Gasteiger partial charge on any atom is 0.337 e. The van der Waals surface area contributed by atoms with E-state index in [-0.39, 0.29) is 11.3 Å². The molecule has 16 heavy (non-hydrogen) atoms. The second-order valence-electron chi connectivity index (χ2n) is 3.54. The van der Waals surface area contributed by atoms with Crippen LogP contribution in [-0.4, -0.2) is 20.7 Å². The highest BCUT2D eigenvalue weighted by molar-refractivity contribution is 5.95. The van der Waals surface area contributed by atoms with Crippen LogP contribution in [0.4, 0.5) is 0 Å². The summed E-state index contributed by atoms with van der Waals surface area (Å²) in [5.74, 6) is -0.793. The van der Waals surface area contributed by atoms with Crippen LogP contribution in [0.25, 0.3) is 11.3 Å². The van der Waals surface area contributed by atoms with Crippen molar-refractivity contribution in [3.8, 4) is 17.0 Å². The molecule has 4 nitrogen and oxygen atoms in total. The molecule has 0 amide bonds. The van der Waals surface area contributed by atoms with E-state index in [2.05, 4.69) is 0 Å². The Bertz CT molecular complexity index is 526. The number of nitrogens with zero attached hydrogens (tertiary/aromatic N) is 1. The van der Waals surface area contributed by atoms with Crippen molar-refractivity contribution in [2.75, 3.05) is 0 Å². The van der Waals surface area contributed by atoms with Crippen LogP contribution in [0.5, 0.6) is 5.75 Å². The van der Waals surface area contributed by atoms with E-state index in [9.17, 15) is 9.90 Å². The van der Waals surface area contributed by atoms with Gasteiger partial charge in [0.15, 0.2) is 0 Å². The highest BCUT2D eigenvalue weighted by Crippen LogP contribution is 2.25. The normalized spacial score (nSPS) is 10.3. The summed E-state index contributed by atoms with van der Waals surface area (Å²) in [5, 5.41) is 18.2. The molecule has 0 aliphatic heterocycles. The van der Waals surface area contributed by atoms with Crippen molar-refractivity contribution in [1.29, 1.82) is 0 Å². The van der Waals surface area contributed by atoms with E-state index in [1.165, 1.54) is 12.1 Å². The monoisotopic (exact) mass is 217 g/mol. The minimum atomic E-state index is -0.955. The number of carboxylic acid groups (broad SMARTS) is 1. The average molecular weight is 217 g/mol. The van der Waals surface area contributed by atoms with Crippen LogP contribution in [0.1, 0.15) is 10.4 Å². The van der Waals surface area contributed by atoms with Gasteiger partial charge in [-0.15, -0.1) is 0 Å². The van der Waals surface area contributed by atoms with E-state index >= 15 is 0 Å². The molecule has 0 unspecified atom stereocenters. The quantitative estimate of drug-likeness (QED) is 0.809. The Morgan fingerprint density at radius 3 is 2.38 bits per heavy atom. The van der Waals surface area contributed by atoms with Gasteiger partial charge in [-0.1, -0.05) is 0 Å². The molecule has 0 spiro atoms. The molecule has 0 saturated heterocycles. The number of hydrogen-bond acceptors (Lipinski definition) is 2. The van der Waals surface area contributed by atoms with E-state index in [0.29, 0.717) is 5.69 Å². The van der Waals surface area contributed by atoms with Gasteiger partial charge < -0.3 is 14.8 Å². The van der Waals surface area contributed by atoms with Gasteiger partial charge in [-0.3, -0.25) is 0 Å². The Morgan fingerprint density at radius 2 is 1.81 bits per heavy atom.